The first-order valence-electron chi connectivity index (χ1n) is 5.27. The van der Waals surface area contributed by atoms with Crippen LogP contribution in [-0.2, 0) is 6.54 Å². The first-order chi connectivity index (χ1) is 6.75. The molecule has 0 saturated heterocycles. The standard InChI is InChI=1S/C12H18N2/c1-14(8-10-6-7-10)9-11-4-2-3-5-12(11)13/h2-5,10H,6-9,13H2,1H3. The van der Waals surface area contributed by atoms with Gasteiger partial charge in [-0.05, 0) is 37.4 Å². The van der Waals surface area contributed by atoms with Gasteiger partial charge in [0.15, 0.2) is 0 Å². The number of benzene rings is 1. The van der Waals surface area contributed by atoms with Crippen LogP contribution in [0, 0.1) is 5.92 Å². The lowest BCUT2D eigenvalue weighted by molar-refractivity contribution is 0.313. The average Bonchev–Trinajstić information content (AvgIpc) is 2.93. The average molecular weight is 190 g/mol. The Kier molecular flexibility index (Phi) is 2.73. The molecule has 2 rings (SSSR count). The SMILES string of the molecule is CN(Cc1ccccc1N)CC1CC1. The quantitative estimate of drug-likeness (QED) is 0.737. The minimum Gasteiger partial charge on any atom is -0.398 e. The molecule has 2 heteroatoms. The predicted octanol–water partition coefficient (Wildman–Crippen LogP) is 2.11. The van der Waals surface area contributed by atoms with Gasteiger partial charge in [-0.2, -0.15) is 0 Å². The zero-order chi connectivity index (χ0) is 9.97. The Morgan fingerprint density at radius 3 is 2.71 bits per heavy atom. The molecule has 0 aromatic heterocycles. The van der Waals surface area contributed by atoms with Crippen LogP contribution >= 0.6 is 0 Å². The highest BCUT2D eigenvalue weighted by molar-refractivity contribution is 5.46. The fourth-order valence-electron chi connectivity index (χ4n) is 1.77. The normalized spacial score (nSPS) is 16.1. The van der Waals surface area contributed by atoms with Crippen LogP contribution in [0.2, 0.25) is 0 Å². The Labute approximate surface area is 85.7 Å². The van der Waals surface area contributed by atoms with Crippen molar-refractivity contribution in [3.63, 3.8) is 0 Å². The number of para-hydroxylation sites is 1. The predicted molar refractivity (Wildman–Crippen MR) is 59.9 cm³/mol. The van der Waals surface area contributed by atoms with Crippen molar-refractivity contribution >= 4 is 5.69 Å². The molecule has 1 fully saturated rings. The van der Waals surface area contributed by atoms with Crippen LogP contribution in [0.15, 0.2) is 24.3 Å². The fourth-order valence-corrected chi connectivity index (χ4v) is 1.77. The molecule has 2 nitrogen and oxygen atoms in total. The molecule has 1 aliphatic carbocycles. The Bertz CT molecular complexity index is 305. The molecule has 1 saturated carbocycles. The third kappa shape index (κ3) is 2.48. The molecule has 1 aromatic rings. The number of nitrogens with two attached hydrogens (primary N) is 1. The van der Waals surface area contributed by atoms with E-state index in [0.29, 0.717) is 0 Å². The molecular formula is C12H18N2. The van der Waals surface area contributed by atoms with Gasteiger partial charge in [0.2, 0.25) is 0 Å². The lowest BCUT2D eigenvalue weighted by Crippen LogP contribution is -2.20. The van der Waals surface area contributed by atoms with Gasteiger partial charge >= 0.3 is 0 Å². The highest BCUT2D eigenvalue weighted by Gasteiger charge is 2.22. The van der Waals surface area contributed by atoms with E-state index in [2.05, 4.69) is 24.1 Å². The second kappa shape index (κ2) is 4.01. The van der Waals surface area contributed by atoms with Crippen LogP contribution in [0.1, 0.15) is 18.4 Å². The van der Waals surface area contributed by atoms with Gasteiger partial charge in [0.25, 0.3) is 0 Å². The molecule has 0 atom stereocenters. The third-order valence-electron chi connectivity index (χ3n) is 2.76. The Balaban J connectivity index is 1.91. The summed E-state index contributed by atoms with van der Waals surface area (Å²) in [6, 6.07) is 8.12. The van der Waals surface area contributed by atoms with E-state index in [1.165, 1.54) is 24.9 Å². The van der Waals surface area contributed by atoms with Crippen molar-refractivity contribution < 1.29 is 0 Å². The van der Waals surface area contributed by atoms with E-state index in [4.69, 9.17) is 5.73 Å². The number of hydrogen-bond donors (Lipinski definition) is 1. The van der Waals surface area contributed by atoms with Gasteiger partial charge in [0.1, 0.15) is 0 Å². The summed E-state index contributed by atoms with van der Waals surface area (Å²) in [4.78, 5) is 2.36. The summed E-state index contributed by atoms with van der Waals surface area (Å²) in [5, 5.41) is 0. The third-order valence-corrected chi connectivity index (χ3v) is 2.76. The van der Waals surface area contributed by atoms with Crippen LogP contribution in [0.4, 0.5) is 5.69 Å². The maximum atomic E-state index is 5.89. The fraction of sp³-hybridized carbons (Fsp3) is 0.500. The smallest absolute Gasteiger partial charge is 0.0359 e. The van der Waals surface area contributed by atoms with Crippen molar-refractivity contribution in [2.45, 2.75) is 19.4 Å². The van der Waals surface area contributed by atoms with Crippen molar-refractivity contribution in [1.82, 2.24) is 4.90 Å². The van der Waals surface area contributed by atoms with Gasteiger partial charge in [0, 0.05) is 18.8 Å². The summed E-state index contributed by atoms with van der Waals surface area (Å²) in [6.07, 6.45) is 2.82. The zero-order valence-corrected chi connectivity index (χ0v) is 8.74. The molecule has 0 bridgehead atoms. The molecule has 76 valence electrons. The molecule has 1 aliphatic rings. The Hall–Kier alpha value is -1.02. The molecule has 0 heterocycles. The molecular weight excluding hydrogens is 172 g/mol. The van der Waals surface area contributed by atoms with E-state index in [-0.39, 0.29) is 0 Å². The molecule has 0 amide bonds. The lowest BCUT2D eigenvalue weighted by Gasteiger charge is -2.17. The van der Waals surface area contributed by atoms with Crippen LogP contribution < -0.4 is 5.73 Å². The summed E-state index contributed by atoms with van der Waals surface area (Å²) in [5.74, 6) is 0.949. The van der Waals surface area contributed by atoms with Crippen LogP contribution in [0.3, 0.4) is 0 Å². The van der Waals surface area contributed by atoms with Crippen molar-refractivity contribution in [2.24, 2.45) is 5.92 Å². The first-order valence-corrected chi connectivity index (χ1v) is 5.27. The van der Waals surface area contributed by atoms with E-state index in [0.717, 1.165) is 18.2 Å². The van der Waals surface area contributed by atoms with Gasteiger partial charge in [-0.3, -0.25) is 0 Å². The van der Waals surface area contributed by atoms with Gasteiger partial charge in [-0.15, -0.1) is 0 Å². The number of hydrogen-bond acceptors (Lipinski definition) is 2. The number of nitrogens with zero attached hydrogens (tertiary/aromatic N) is 1. The monoisotopic (exact) mass is 190 g/mol. The Morgan fingerprint density at radius 2 is 2.07 bits per heavy atom. The minimum absolute atomic E-state index is 0.912. The van der Waals surface area contributed by atoms with Crippen LogP contribution in [0.25, 0.3) is 0 Å². The van der Waals surface area contributed by atoms with Crippen LogP contribution in [-0.4, -0.2) is 18.5 Å². The van der Waals surface area contributed by atoms with Crippen molar-refractivity contribution in [1.29, 1.82) is 0 Å². The topological polar surface area (TPSA) is 29.3 Å². The molecule has 0 aliphatic heterocycles. The van der Waals surface area contributed by atoms with E-state index in [1.54, 1.807) is 0 Å². The molecule has 0 radical (unpaired) electrons. The summed E-state index contributed by atoms with van der Waals surface area (Å²) in [5.41, 5.74) is 8.05. The first kappa shape index (κ1) is 9.53. The minimum atomic E-state index is 0.912. The largest absolute Gasteiger partial charge is 0.398 e. The molecule has 2 N–H and O–H groups in total. The number of anilines is 1. The number of nitrogen functional groups attached to an aromatic ring is 1. The maximum absolute atomic E-state index is 5.89. The summed E-state index contributed by atoms with van der Waals surface area (Å²) in [6.45, 7) is 2.19. The van der Waals surface area contributed by atoms with E-state index >= 15 is 0 Å². The zero-order valence-electron chi connectivity index (χ0n) is 8.74. The molecule has 14 heavy (non-hydrogen) atoms. The maximum Gasteiger partial charge on any atom is 0.0359 e. The van der Waals surface area contributed by atoms with Gasteiger partial charge in [0.05, 0.1) is 0 Å². The second-order valence-corrected chi connectivity index (χ2v) is 4.34. The van der Waals surface area contributed by atoms with Crippen molar-refractivity contribution in [3.05, 3.63) is 29.8 Å². The molecule has 1 aromatic carbocycles. The summed E-state index contributed by atoms with van der Waals surface area (Å²) >= 11 is 0. The van der Waals surface area contributed by atoms with Crippen molar-refractivity contribution in [3.8, 4) is 0 Å². The second-order valence-electron chi connectivity index (χ2n) is 4.34. The highest BCUT2D eigenvalue weighted by atomic mass is 15.1. The van der Waals surface area contributed by atoms with Crippen molar-refractivity contribution in [2.75, 3.05) is 19.3 Å². The van der Waals surface area contributed by atoms with Gasteiger partial charge in [-0.25, -0.2) is 0 Å². The molecule has 0 unspecified atom stereocenters. The molecule has 0 spiro atoms. The lowest BCUT2D eigenvalue weighted by atomic mass is 10.1. The summed E-state index contributed by atoms with van der Waals surface area (Å²) < 4.78 is 0. The Morgan fingerprint density at radius 1 is 1.36 bits per heavy atom. The highest BCUT2D eigenvalue weighted by Crippen LogP contribution is 2.29. The van der Waals surface area contributed by atoms with Crippen LogP contribution in [0.5, 0.6) is 0 Å². The van der Waals surface area contributed by atoms with E-state index in [9.17, 15) is 0 Å². The van der Waals surface area contributed by atoms with Gasteiger partial charge in [-0.1, -0.05) is 18.2 Å². The van der Waals surface area contributed by atoms with Gasteiger partial charge < -0.3 is 10.6 Å². The van der Waals surface area contributed by atoms with E-state index in [1.807, 2.05) is 12.1 Å². The van der Waals surface area contributed by atoms with E-state index < -0.39 is 0 Å². The summed E-state index contributed by atoms with van der Waals surface area (Å²) in [7, 11) is 2.17. The number of rotatable bonds is 4.